The zero-order valence-corrected chi connectivity index (χ0v) is 11.5. The van der Waals surface area contributed by atoms with E-state index in [0.29, 0.717) is 5.56 Å². The Bertz CT molecular complexity index is 567. The van der Waals surface area contributed by atoms with E-state index in [-0.39, 0.29) is 23.7 Å². The molecule has 2 rings (SSSR count). The van der Waals surface area contributed by atoms with E-state index in [0.717, 1.165) is 5.56 Å². The SMILES string of the molecule is CC(C)C(NC(=O)c1ccncc1)c1ccc(F)cc1. The number of pyridine rings is 1. The molecule has 0 aliphatic rings. The maximum Gasteiger partial charge on any atom is 0.251 e. The van der Waals surface area contributed by atoms with Crippen LogP contribution in [0.2, 0.25) is 0 Å². The minimum atomic E-state index is -0.281. The van der Waals surface area contributed by atoms with Crippen molar-refractivity contribution in [3.05, 3.63) is 65.7 Å². The lowest BCUT2D eigenvalue weighted by molar-refractivity contribution is 0.0925. The molecule has 1 heterocycles. The van der Waals surface area contributed by atoms with Crippen LogP contribution in [0.3, 0.4) is 0 Å². The maximum atomic E-state index is 13.0. The molecule has 1 amide bonds. The Morgan fingerprint density at radius 1 is 1.10 bits per heavy atom. The van der Waals surface area contributed by atoms with Crippen LogP contribution in [-0.2, 0) is 0 Å². The van der Waals surface area contributed by atoms with Gasteiger partial charge in [-0.3, -0.25) is 9.78 Å². The highest BCUT2D eigenvalue weighted by Gasteiger charge is 2.19. The molecule has 1 atom stereocenters. The summed E-state index contributed by atoms with van der Waals surface area (Å²) in [6, 6.07) is 9.39. The average molecular weight is 272 g/mol. The lowest BCUT2D eigenvalue weighted by atomic mass is 9.95. The summed E-state index contributed by atoms with van der Waals surface area (Å²) in [7, 11) is 0. The van der Waals surface area contributed by atoms with E-state index < -0.39 is 0 Å². The van der Waals surface area contributed by atoms with Crippen molar-refractivity contribution in [2.75, 3.05) is 0 Å². The fraction of sp³-hybridized carbons (Fsp3) is 0.250. The van der Waals surface area contributed by atoms with Crippen LogP contribution in [0, 0.1) is 11.7 Å². The molecule has 3 nitrogen and oxygen atoms in total. The maximum absolute atomic E-state index is 13.0. The largest absolute Gasteiger partial charge is 0.345 e. The molecule has 1 N–H and O–H groups in total. The molecular weight excluding hydrogens is 255 g/mol. The Balaban J connectivity index is 2.18. The molecule has 1 aromatic heterocycles. The highest BCUT2D eigenvalue weighted by atomic mass is 19.1. The van der Waals surface area contributed by atoms with Gasteiger partial charge in [0, 0.05) is 18.0 Å². The number of nitrogens with zero attached hydrogens (tertiary/aromatic N) is 1. The first-order valence-electron chi connectivity index (χ1n) is 6.54. The topological polar surface area (TPSA) is 42.0 Å². The Morgan fingerprint density at radius 2 is 1.70 bits per heavy atom. The van der Waals surface area contributed by atoms with Crippen molar-refractivity contribution in [1.82, 2.24) is 10.3 Å². The molecule has 0 spiro atoms. The number of amides is 1. The number of nitrogens with one attached hydrogen (secondary N) is 1. The van der Waals surface area contributed by atoms with Gasteiger partial charge in [0.15, 0.2) is 0 Å². The van der Waals surface area contributed by atoms with Crippen molar-refractivity contribution in [2.24, 2.45) is 5.92 Å². The quantitative estimate of drug-likeness (QED) is 0.927. The van der Waals surface area contributed by atoms with Crippen molar-refractivity contribution in [1.29, 1.82) is 0 Å². The lowest BCUT2D eigenvalue weighted by Gasteiger charge is -2.23. The fourth-order valence-electron chi connectivity index (χ4n) is 2.03. The normalized spacial score (nSPS) is 12.2. The second kappa shape index (κ2) is 6.28. The fourth-order valence-corrected chi connectivity index (χ4v) is 2.03. The number of carbonyl (C=O) groups excluding carboxylic acids is 1. The van der Waals surface area contributed by atoms with Crippen LogP contribution < -0.4 is 5.32 Å². The molecular formula is C16H17FN2O. The predicted molar refractivity (Wildman–Crippen MR) is 75.7 cm³/mol. The average Bonchev–Trinajstić information content (AvgIpc) is 2.46. The number of halogens is 1. The molecule has 20 heavy (non-hydrogen) atoms. The standard InChI is InChI=1S/C16H17FN2O/c1-11(2)15(12-3-5-14(17)6-4-12)19-16(20)13-7-9-18-10-8-13/h3-11,15H,1-2H3,(H,19,20). The van der Waals surface area contributed by atoms with Gasteiger partial charge in [-0.2, -0.15) is 0 Å². The van der Waals surface area contributed by atoms with E-state index in [1.54, 1.807) is 36.7 Å². The smallest absolute Gasteiger partial charge is 0.251 e. The van der Waals surface area contributed by atoms with E-state index in [2.05, 4.69) is 10.3 Å². The summed E-state index contributed by atoms with van der Waals surface area (Å²) in [4.78, 5) is 16.1. The van der Waals surface area contributed by atoms with Crippen LogP contribution in [0.1, 0.15) is 35.8 Å². The second-order valence-corrected chi connectivity index (χ2v) is 4.98. The molecule has 1 unspecified atom stereocenters. The summed E-state index contributed by atoms with van der Waals surface area (Å²) < 4.78 is 13.0. The number of aromatic nitrogens is 1. The summed E-state index contributed by atoms with van der Waals surface area (Å²) in [5.41, 5.74) is 1.46. The molecule has 104 valence electrons. The minimum absolute atomic E-state index is 0.156. The van der Waals surface area contributed by atoms with Crippen molar-refractivity contribution < 1.29 is 9.18 Å². The monoisotopic (exact) mass is 272 g/mol. The van der Waals surface area contributed by atoms with Gasteiger partial charge in [0.2, 0.25) is 0 Å². The van der Waals surface area contributed by atoms with Gasteiger partial charge in [0.05, 0.1) is 6.04 Å². The van der Waals surface area contributed by atoms with Gasteiger partial charge in [0.1, 0.15) is 5.82 Å². The third-order valence-electron chi connectivity index (χ3n) is 3.12. The van der Waals surface area contributed by atoms with E-state index >= 15 is 0 Å². The van der Waals surface area contributed by atoms with Gasteiger partial charge < -0.3 is 5.32 Å². The van der Waals surface area contributed by atoms with Crippen molar-refractivity contribution in [3.8, 4) is 0 Å². The van der Waals surface area contributed by atoms with Crippen LogP contribution in [0.5, 0.6) is 0 Å². The molecule has 4 heteroatoms. The lowest BCUT2D eigenvalue weighted by Crippen LogP contribution is -2.31. The number of carbonyl (C=O) groups is 1. The van der Waals surface area contributed by atoms with Crippen LogP contribution in [0.15, 0.2) is 48.8 Å². The summed E-state index contributed by atoms with van der Waals surface area (Å²) in [6.45, 7) is 4.03. The second-order valence-electron chi connectivity index (χ2n) is 4.98. The van der Waals surface area contributed by atoms with Crippen molar-refractivity contribution >= 4 is 5.91 Å². The van der Waals surface area contributed by atoms with Crippen LogP contribution in [-0.4, -0.2) is 10.9 Å². The zero-order valence-electron chi connectivity index (χ0n) is 11.5. The molecule has 0 saturated heterocycles. The number of benzene rings is 1. The first-order valence-corrected chi connectivity index (χ1v) is 6.54. The van der Waals surface area contributed by atoms with Gasteiger partial charge in [-0.15, -0.1) is 0 Å². The van der Waals surface area contributed by atoms with E-state index in [4.69, 9.17) is 0 Å². The van der Waals surface area contributed by atoms with Crippen LogP contribution in [0.4, 0.5) is 4.39 Å². The van der Waals surface area contributed by atoms with Gasteiger partial charge >= 0.3 is 0 Å². The molecule has 1 aromatic carbocycles. The first-order chi connectivity index (χ1) is 9.58. The summed E-state index contributed by atoms with van der Waals surface area (Å²) in [6.07, 6.45) is 3.16. The molecule has 0 aliphatic carbocycles. The Labute approximate surface area is 117 Å². The van der Waals surface area contributed by atoms with E-state index in [1.165, 1.54) is 12.1 Å². The summed E-state index contributed by atoms with van der Waals surface area (Å²) in [5.74, 6) is -0.238. The number of hydrogen-bond acceptors (Lipinski definition) is 2. The van der Waals surface area contributed by atoms with E-state index in [1.807, 2.05) is 13.8 Å². The highest BCUT2D eigenvalue weighted by molar-refractivity contribution is 5.94. The zero-order chi connectivity index (χ0) is 14.5. The highest BCUT2D eigenvalue weighted by Crippen LogP contribution is 2.22. The summed E-state index contributed by atoms with van der Waals surface area (Å²) in [5, 5.41) is 2.98. The van der Waals surface area contributed by atoms with Crippen molar-refractivity contribution in [3.63, 3.8) is 0 Å². The van der Waals surface area contributed by atoms with Gasteiger partial charge in [-0.05, 0) is 35.7 Å². The predicted octanol–water partition coefficient (Wildman–Crippen LogP) is 3.35. The third kappa shape index (κ3) is 3.41. The summed E-state index contributed by atoms with van der Waals surface area (Å²) >= 11 is 0. The van der Waals surface area contributed by atoms with Crippen molar-refractivity contribution in [2.45, 2.75) is 19.9 Å². The van der Waals surface area contributed by atoms with Gasteiger partial charge in [0.25, 0.3) is 5.91 Å². The molecule has 0 saturated carbocycles. The Hall–Kier alpha value is -2.23. The number of rotatable bonds is 4. The first kappa shape index (κ1) is 14.2. The minimum Gasteiger partial charge on any atom is -0.345 e. The molecule has 0 radical (unpaired) electrons. The Morgan fingerprint density at radius 3 is 2.25 bits per heavy atom. The number of hydrogen-bond donors (Lipinski definition) is 1. The van der Waals surface area contributed by atoms with Crippen LogP contribution in [0.25, 0.3) is 0 Å². The van der Waals surface area contributed by atoms with Crippen LogP contribution >= 0.6 is 0 Å². The molecule has 2 aromatic rings. The third-order valence-corrected chi connectivity index (χ3v) is 3.12. The van der Waals surface area contributed by atoms with E-state index in [9.17, 15) is 9.18 Å². The Kier molecular flexibility index (Phi) is 4.45. The van der Waals surface area contributed by atoms with Gasteiger partial charge in [-0.25, -0.2) is 4.39 Å². The molecule has 0 aliphatic heterocycles. The van der Waals surface area contributed by atoms with Gasteiger partial charge in [-0.1, -0.05) is 26.0 Å². The molecule has 0 fully saturated rings. The molecule has 0 bridgehead atoms.